The van der Waals surface area contributed by atoms with E-state index >= 15 is 0 Å². The van der Waals surface area contributed by atoms with Crippen LogP contribution in [0.25, 0.3) is 99.5 Å². The van der Waals surface area contributed by atoms with Gasteiger partial charge in [-0.1, -0.05) is 188 Å². The lowest BCUT2D eigenvalue weighted by Gasteiger charge is -2.26. The molecule has 2 heteroatoms. The summed E-state index contributed by atoms with van der Waals surface area (Å²) < 4.78 is 6.57. The van der Waals surface area contributed by atoms with Gasteiger partial charge in [-0.25, -0.2) is 0 Å². The number of hydrogen-bond donors (Lipinski definition) is 0. The molecule has 0 aliphatic heterocycles. The molecule has 12 rings (SSSR count). The highest BCUT2D eigenvalue weighted by Gasteiger charge is 2.18. The van der Waals surface area contributed by atoms with E-state index < -0.39 is 0 Å². The molecule has 0 atom stereocenters. The lowest BCUT2D eigenvalue weighted by molar-refractivity contribution is 0.673. The Morgan fingerprint density at radius 2 is 0.667 bits per heavy atom. The Balaban J connectivity index is 0.941. The van der Waals surface area contributed by atoms with E-state index in [0.717, 1.165) is 61.1 Å². The number of anilines is 3. The average molecular weight is 842 g/mol. The van der Waals surface area contributed by atoms with Crippen LogP contribution < -0.4 is 4.90 Å². The first kappa shape index (κ1) is 38.9. The van der Waals surface area contributed by atoms with Gasteiger partial charge in [0.15, 0.2) is 0 Å². The van der Waals surface area contributed by atoms with Gasteiger partial charge >= 0.3 is 0 Å². The van der Waals surface area contributed by atoms with Crippen molar-refractivity contribution in [3.05, 3.63) is 261 Å². The molecule has 0 saturated carbocycles. The monoisotopic (exact) mass is 841 g/mol. The van der Waals surface area contributed by atoms with E-state index in [1.807, 2.05) is 0 Å². The van der Waals surface area contributed by atoms with Crippen molar-refractivity contribution in [2.75, 3.05) is 4.90 Å². The molecule has 1 aromatic heterocycles. The minimum Gasteiger partial charge on any atom is -0.455 e. The van der Waals surface area contributed by atoms with Crippen LogP contribution in [0.3, 0.4) is 0 Å². The minimum atomic E-state index is 0.893. The smallest absolute Gasteiger partial charge is 0.143 e. The second kappa shape index (κ2) is 16.8. The second-order valence-electron chi connectivity index (χ2n) is 16.9. The van der Waals surface area contributed by atoms with Crippen molar-refractivity contribution in [3.8, 4) is 66.8 Å². The summed E-state index contributed by atoms with van der Waals surface area (Å²) in [7, 11) is 0. The van der Waals surface area contributed by atoms with Crippen LogP contribution >= 0.6 is 0 Å². The van der Waals surface area contributed by atoms with Gasteiger partial charge in [0, 0.05) is 33.2 Å². The Morgan fingerprint density at radius 1 is 0.258 bits per heavy atom. The number of furan rings is 1. The Bertz CT molecular complexity index is 3590. The van der Waals surface area contributed by atoms with Crippen LogP contribution in [0.4, 0.5) is 17.1 Å². The quantitative estimate of drug-likeness (QED) is 0.144. The van der Waals surface area contributed by atoms with E-state index in [4.69, 9.17) is 4.42 Å². The van der Waals surface area contributed by atoms with Crippen molar-refractivity contribution >= 4 is 49.8 Å². The van der Waals surface area contributed by atoms with E-state index in [9.17, 15) is 0 Å². The topological polar surface area (TPSA) is 16.4 Å². The van der Waals surface area contributed by atoms with Crippen molar-refractivity contribution in [1.29, 1.82) is 0 Å². The van der Waals surface area contributed by atoms with Crippen LogP contribution in [0, 0.1) is 0 Å². The molecular weight excluding hydrogens is 799 g/mol. The molecule has 0 saturated heterocycles. The maximum Gasteiger partial charge on any atom is 0.143 e. The number of benzene rings is 11. The Hall–Kier alpha value is -8.72. The fraction of sp³-hybridized carbons (Fsp3) is 0. The molecule has 0 N–H and O–H groups in total. The third-order valence-electron chi connectivity index (χ3n) is 12.9. The zero-order valence-corrected chi connectivity index (χ0v) is 36.2. The van der Waals surface area contributed by atoms with E-state index in [1.54, 1.807) is 0 Å². The number of rotatable bonds is 9. The first-order valence-corrected chi connectivity index (χ1v) is 22.6. The molecule has 0 aliphatic carbocycles. The van der Waals surface area contributed by atoms with Crippen molar-refractivity contribution in [2.45, 2.75) is 0 Å². The van der Waals surface area contributed by atoms with Gasteiger partial charge < -0.3 is 9.32 Å². The maximum absolute atomic E-state index is 6.57. The average Bonchev–Trinajstić information content (AvgIpc) is 3.80. The normalized spacial score (nSPS) is 11.3. The molecule has 1 heterocycles. The summed E-state index contributed by atoms with van der Waals surface area (Å²) in [4.78, 5) is 2.35. The molecular formula is C64H43NO. The third-order valence-corrected chi connectivity index (χ3v) is 12.9. The number of nitrogens with zero attached hydrogens (tertiary/aromatic N) is 1. The first-order chi connectivity index (χ1) is 32.7. The van der Waals surface area contributed by atoms with Gasteiger partial charge in [0.05, 0.1) is 0 Å². The molecule has 0 fully saturated rings. The lowest BCUT2D eigenvalue weighted by atomic mass is 9.93. The van der Waals surface area contributed by atoms with Crippen LogP contribution in [0.5, 0.6) is 0 Å². The highest BCUT2D eigenvalue weighted by Crippen LogP contribution is 2.42. The van der Waals surface area contributed by atoms with Crippen LogP contribution in [0.2, 0.25) is 0 Å². The van der Waals surface area contributed by atoms with Crippen LogP contribution in [-0.2, 0) is 0 Å². The molecule has 11 aromatic carbocycles. The molecule has 2 nitrogen and oxygen atoms in total. The van der Waals surface area contributed by atoms with Gasteiger partial charge in [0.25, 0.3) is 0 Å². The zero-order valence-electron chi connectivity index (χ0n) is 36.2. The molecule has 0 aliphatic rings. The van der Waals surface area contributed by atoms with E-state index in [2.05, 4.69) is 266 Å². The summed E-state index contributed by atoms with van der Waals surface area (Å²) in [5.74, 6) is 0. The molecule has 0 unspecified atom stereocenters. The SMILES string of the molecule is c1ccc(-c2cccc(-c3ccc(N(c4ccc(-c5cc(-c6ccccc6)cc(-c6ccccc6)c5)cc4)c4ccc(-c5cccc6oc7c8ccccc8ccc7c56)cc4)cc3)c2)cc1. The van der Waals surface area contributed by atoms with E-state index in [-0.39, 0.29) is 0 Å². The van der Waals surface area contributed by atoms with E-state index in [1.165, 1.54) is 55.5 Å². The van der Waals surface area contributed by atoms with Gasteiger partial charge in [-0.2, -0.15) is 0 Å². The van der Waals surface area contributed by atoms with Gasteiger partial charge in [0.1, 0.15) is 11.2 Å². The molecule has 0 amide bonds. The standard InChI is InChI=1S/C64H43NO/c1-4-14-44(15-5-1)51-21-12-22-52(40-51)47-26-33-56(34-27-47)65(57-35-28-48(29-36-57)55-42-53(45-16-6-2-7-17-45)41-54(43-55)46-18-8-3-9-19-46)58-37-30-50(31-38-58)59-24-13-25-62-63(59)61-39-32-49-20-10-11-23-60(49)64(61)66-62/h1-43H. The van der Waals surface area contributed by atoms with Crippen molar-refractivity contribution in [3.63, 3.8) is 0 Å². The third kappa shape index (κ3) is 7.31. The van der Waals surface area contributed by atoms with Crippen LogP contribution in [-0.4, -0.2) is 0 Å². The predicted molar refractivity (Wildman–Crippen MR) is 279 cm³/mol. The predicted octanol–water partition coefficient (Wildman–Crippen LogP) is 18.2. The van der Waals surface area contributed by atoms with Crippen molar-refractivity contribution < 1.29 is 4.42 Å². The highest BCUT2D eigenvalue weighted by molar-refractivity contribution is 6.19. The summed E-state index contributed by atoms with van der Waals surface area (Å²) in [5.41, 5.74) is 19.2. The van der Waals surface area contributed by atoms with Gasteiger partial charge in [-0.15, -0.1) is 0 Å². The van der Waals surface area contributed by atoms with Gasteiger partial charge in [0.2, 0.25) is 0 Å². The minimum absolute atomic E-state index is 0.893. The molecule has 0 bridgehead atoms. The first-order valence-electron chi connectivity index (χ1n) is 22.6. The number of hydrogen-bond acceptors (Lipinski definition) is 2. The van der Waals surface area contributed by atoms with E-state index in [0.29, 0.717) is 0 Å². The molecule has 12 aromatic rings. The zero-order chi connectivity index (χ0) is 43.8. The summed E-state index contributed by atoms with van der Waals surface area (Å²) in [6.07, 6.45) is 0. The lowest BCUT2D eigenvalue weighted by Crippen LogP contribution is -2.09. The summed E-state index contributed by atoms with van der Waals surface area (Å²) in [6, 6.07) is 93.8. The Kier molecular flexibility index (Phi) is 9.89. The van der Waals surface area contributed by atoms with Crippen LogP contribution in [0.1, 0.15) is 0 Å². The number of fused-ring (bicyclic) bond motifs is 5. The van der Waals surface area contributed by atoms with Crippen molar-refractivity contribution in [1.82, 2.24) is 0 Å². The van der Waals surface area contributed by atoms with Gasteiger partial charge in [-0.3, -0.25) is 0 Å². The Morgan fingerprint density at radius 3 is 1.21 bits per heavy atom. The highest BCUT2D eigenvalue weighted by atomic mass is 16.3. The fourth-order valence-corrected chi connectivity index (χ4v) is 9.54. The molecule has 66 heavy (non-hydrogen) atoms. The summed E-state index contributed by atoms with van der Waals surface area (Å²) in [5, 5.41) is 4.57. The summed E-state index contributed by atoms with van der Waals surface area (Å²) >= 11 is 0. The van der Waals surface area contributed by atoms with Crippen molar-refractivity contribution in [2.24, 2.45) is 0 Å². The maximum atomic E-state index is 6.57. The summed E-state index contributed by atoms with van der Waals surface area (Å²) in [6.45, 7) is 0. The molecule has 0 radical (unpaired) electrons. The van der Waals surface area contributed by atoms with Crippen LogP contribution in [0.15, 0.2) is 265 Å². The fourth-order valence-electron chi connectivity index (χ4n) is 9.54. The second-order valence-corrected chi connectivity index (χ2v) is 16.9. The Labute approximate surface area is 384 Å². The van der Waals surface area contributed by atoms with Gasteiger partial charge in [-0.05, 0) is 145 Å². The largest absolute Gasteiger partial charge is 0.455 e. The molecule has 0 spiro atoms. The molecule has 310 valence electrons.